The molecule has 0 radical (unpaired) electrons. The van der Waals surface area contributed by atoms with Crippen molar-refractivity contribution in [1.82, 2.24) is 4.90 Å². The van der Waals surface area contributed by atoms with E-state index in [1.165, 1.54) is 0 Å². The Morgan fingerprint density at radius 3 is 2.35 bits per heavy atom. The third kappa shape index (κ3) is 5.39. The topological polar surface area (TPSA) is 46.3 Å². The van der Waals surface area contributed by atoms with Gasteiger partial charge in [0.1, 0.15) is 0 Å². The van der Waals surface area contributed by atoms with Gasteiger partial charge in [-0.1, -0.05) is 0 Å². The molecule has 0 bridgehead atoms. The fourth-order valence-electron chi connectivity index (χ4n) is 2.11. The van der Waals surface area contributed by atoms with Crippen LogP contribution in [0.2, 0.25) is 0 Å². The number of hydrogen-bond acceptors (Lipinski definition) is 2. The molecule has 0 saturated carbocycles. The highest BCUT2D eigenvalue weighted by Gasteiger charge is 2.30. The fourth-order valence-corrected chi connectivity index (χ4v) is 2.11. The van der Waals surface area contributed by atoms with Crippen LogP contribution in [0.4, 0.5) is 13.2 Å². The normalized spacial score (nSPS) is 18.5. The molecule has 0 aromatic heterocycles. The zero-order valence-corrected chi connectivity index (χ0v) is 9.80. The van der Waals surface area contributed by atoms with Crippen molar-refractivity contribution in [3.05, 3.63) is 0 Å². The molecule has 1 aliphatic heterocycles. The van der Waals surface area contributed by atoms with E-state index in [-0.39, 0.29) is 5.91 Å². The first kappa shape index (κ1) is 14.3. The molecule has 17 heavy (non-hydrogen) atoms. The highest BCUT2D eigenvalue weighted by Crippen LogP contribution is 2.24. The van der Waals surface area contributed by atoms with Crippen molar-refractivity contribution in [2.75, 3.05) is 19.6 Å². The molecule has 1 saturated heterocycles. The summed E-state index contributed by atoms with van der Waals surface area (Å²) in [6.07, 6.45) is -3.04. The molecule has 0 unspecified atom stereocenters. The van der Waals surface area contributed by atoms with E-state index in [4.69, 9.17) is 5.73 Å². The number of hydrogen-bond donors (Lipinski definition) is 1. The summed E-state index contributed by atoms with van der Waals surface area (Å²) in [6, 6.07) is 0. The predicted molar refractivity (Wildman–Crippen MR) is 58.3 cm³/mol. The lowest BCUT2D eigenvalue weighted by molar-refractivity contribution is -0.149. The van der Waals surface area contributed by atoms with Crippen LogP contribution in [0.5, 0.6) is 0 Å². The molecular weight excluding hydrogens is 233 g/mol. The van der Waals surface area contributed by atoms with E-state index in [9.17, 15) is 18.0 Å². The summed E-state index contributed by atoms with van der Waals surface area (Å²) in [5.41, 5.74) is 5.44. The largest absolute Gasteiger partial charge is 0.389 e. The maximum atomic E-state index is 12.0. The average molecular weight is 252 g/mol. The summed E-state index contributed by atoms with van der Waals surface area (Å²) >= 11 is 0. The highest BCUT2D eigenvalue weighted by atomic mass is 19.4. The minimum Gasteiger partial charge on any atom is -0.343 e. The SMILES string of the molecule is NCCC1CCN(C(=O)CCC(F)(F)F)CC1. The van der Waals surface area contributed by atoms with Crippen molar-refractivity contribution in [1.29, 1.82) is 0 Å². The highest BCUT2D eigenvalue weighted by molar-refractivity contribution is 5.76. The van der Waals surface area contributed by atoms with Crippen LogP contribution in [0.25, 0.3) is 0 Å². The lowest BCUT2D eigenvalue weighted by Crippen LogP contribution is -2.39. The monoisotopic (exact) mass is 252 g/mol. The Morgan fingerprint density at radius 2 is 1.88 bits per heavy atom. The Morgan fingerprint density at radius 1 is 1.29 bits per heavy atom. The number of rotatable bonds is 4. The zero-order valence-electron chi connectivity index (χ0n) is 9.80. The van der Waals surface area contributed by atoms with Gasteiger partial charge < -0.3 is 10.6 Å². The van der Waals surface area contributed by atoms with Gasteiger partial charge in [-0.2, -0.15) is 13.2 Å². The minimum absolute atomic E-state index is 0.381. The summed E-state index contributed by atoms with van der Waals surface area (Å²) in [4.78, 5) is 13.1. The van der Waals surface area contributed by atoms with Crippen molar-refractivity contribution < 1.29 is 18.0 Å². The third-order valence-corrected chi connectivity index (χ3v) is 3.16. The third-order valence-electron chi connectivity index (χ3n) is 3.16. The Kier molecular flexibility index (Phi) is 5.24. The number of alkyl halides is 3. The smallest absolute Gasteiger partial charge is 0.343 e. The second kappa shape index (κ2) is 6.23. The van der Waals surface area contributed by atoms with Crippen LogP contribution in [-0.4, -0.2) is 36.6 Å². The molecule has 0 aliphatic carbocycles. The number of carbonyl (C=O) groups is 1. The molecule has 1 heterocycles. The quantitative estimate of drug-likeness (QED) is 0.830. The number of halogens is 3. The summed E-state index contributed by atoms with van der Waals surface area (Å²) < 4.78 is 35.9. The molecular formula is C11H19F3N2O. The molecule has 100 valence electrons. The molecule has 0 atom stereocenters. The maximum absolute atomic E-state index is 12.0. The summed E-state index contributed by atoms with van der Waals surface area (Å²) in [5, 5.41) is 0. The molecule has 1 amide bonds. The van der Waals surface area contributed by atoms with Crippen LogP contribution in [0.15, 0.2) is 0 Å². The van der Waals surface area contributed by atoms with Crippen molar-refractivity contribution in [3.8, 4) is 0 Å². The van der Waals surface area contributed by atoms with Gasteiger partial charge in [0.05, 0.1) is 6.42 Å². The second-order valence-electron chi connectivity index (χ2n) is 4.52. The van der Waals surface area contributed by atoms with Gasteiger partial charge >= 0.3 is 6.18 Å². The van der Waals surface area contributed by atoms with Crippen LogP contribution in [0.3, 0.4) is 0 Å². The summed E-state index contributed by atoms with van der Waals surface area (Å²) in [6.45, 7) is 1.77. The number of nitrogens with zero attached hydrogens (tertiary/aromatic N) is 1. The van der Waals surface area contributed by atoms with Gasteiger partial charge in [0.15, 0.2) is 0 Å². The van der Waals surface area contributed by atoms with Crippen molar-refractivity contribution >= 4 is 5.91 Å². The molecule has 0 aromatic carbocycles. The standard InChI is InChI=1S/C11H19F3N2O/c12-11(13,14)5-1-10(17)16-7-3-9(2-6-15)4-8-16/h9H,1-8,15H2. The van der Waals surface area contributed by atoms with Gasteiger partial charge in [-0.3, -0.25) is 4.79 Å². The average Bonchev–Trinajstić information content (AvgIpc) is 2.26. The lowest BCUT2D eigenvalue weighted by atomic mass is 9.93. The number of nitrogens with two attached hydrogens (primary N) is 1. The number of likely N-dealkylation sites (tertiary alicyclic amines) is 1. The van der Waals surface area contributed by atoms with Gasteiger partial charge in [-0.05, 0) is 31.7 Å². The van der Waals surface area contributed by atoms with Gasteiger partial charge in [0, 0.05) is 19.5 Å². The molecule has 1 fully saturated rings. The summed E-state index contributed by atoms with van der Waals surface area (Å²) in [5.74, 6) is 0.139. The first-order chi connectivity index (χ1) is 7.92. The number of amides is 1. The van der Waals surface area contributed by atoms with Crippen LogP contribution in [-0.2, 0) is 4.79 Å². The van der Waals surface area contributed by atoms with Gasteiger partial charge in [0.25, 0.3) is 0 Å². The van der Waals surface area contributed by atoms with Crippen LogP contribution < -0.4 is 5.73 Å². The Bertz CT molecular complexity index is 248. The van der Waals surface area contributed by atoms with Crippen molar-refractivity contribution in [2.24, 2.45) is 11.7 Å². The minimum atomic E-state index is -4.24. The van der Waals surface area contributed by atoms with Gasteiger partial charge in [-0.15, -0.1) is 0 Å². The molecule has 1 rings (SSSR count). The van der Waals surface area contributed by atoms with E-state index < -0.39 is 19.0 Å². The van der Waals surface area contributed by atoms with E-state index in [1.54, 1.807) is 4.90 Å². The molecule has 3 nitrogen and oxygen atoms in total. The molecule has 0 spiro atoms. The van der Waals surface area contributed by atoms with Crippen LogP contribution in [0.1, 0.15) is 32.1 Å². The van der Waals surface area contributed by atoms with Crippen LogP contribution in [0, 0.1) is 5.92 Å². The molecule has 6 heteroatoms. The first-order valence-corrected chi connectivity index (χ1v) is 5.97. The van der Waals surface area contributed by atoms with E-state index in [2.05, 4.69) is 0 Å². The maximum Gasteiger partial charge on any atom is 0.389 e. The van der Waals surface area contributed by atoms with Gasteiger partial charge in [-0.25, -0.2) is 0 Å². The Hall–Kier alpha value is -0.780. The van der Waals surface area contributed by atoms with E-state index in [0.717, 1.165) is 19.3 Å². The summed E-state index contributed by atoms with van der Waals surface area (Å²) in [7, 11) is 0. The molecule has 0 aromatic rings. The van der Waals surface area contributed by atoms with E-state index in [0.29, 0.717) is 25.6 Å². The molecule has 1 aliphatic rings. The second-order valence-corrected chi connectivity index (χ2v) is 4.52. The van der Waals surface area contributed by atoms with E-state index in [1.807, 2.05) is 0 Å². The fraction of sp³-hybridized carbons (Fsp3) is 0.909. The molecule has 2 N–H and O–H groups in total. The Balaban J connectivity index is 2.26. The number of carbonyl (C=O) groups excluding carboxylic acids is 1. The Labute approximate surface area is 99.1 Å². The number of piperidine rings is 1. The van der Waals surface area contributed by atoms with Gasteiger partial charge in [0.2, 0.25) is 5.91 Å². The lowest BCUT2D eigenvalue weighted by Gasteiger charge is -2.32. The van der Waals surface area contributed by atoms with Crippen molar-refractivity contribution in [2.45, 2.75) is 38.3 Å². The predicted octanol–water partition coefficient (Wildman–Crippen LogP) is 1.92. The first-order valence-electron chi connectivity index (χ1n) is 5.97. The van der Waals surface area contributed by atoms with Crippen LogP contribution >= 0.6 is 0 Å². The van der Waals surface area contributed by atoms with Crippen molar-refractivity contribution in [3.63, 3.8) is 0 Å². The van der Waals surface area contributed by atoms with E-state index >= 15 is 0 Å². The zero-order chi connectivity index (χ0) is 12.9.